The van der Waals surface area contributed by atoms with Crippen LogP contribution in [0.4, 0.5) is 0 Å². The van der Waals surface area contributed by atoms with Gasteiger partial charge in [0, 0.05) is 6.20 Å². The lowest BCUT2D eigenvalue weighted by atomic mass is 10.2. The molecule has 0 unspecified atom stereocenters. The molecule has 1 aromatic carbocycles. The second kappa shape index (κ2) is 5.67. The molecule has 18 heavy (non-hydrogen) atoms. The number of hydrogen-bond acceptors (Lipinski definition) is 3. The number of nitrogens with one attached hydrogen (secondary N) is 2. The summed E-state index contributed by atoms with van der Waals surface area (Å²) >= 11 is 0. The van der Waals surface area contributed by atoms with Crippen LogP contribution in [-0.2, 0) is 0 Å². The van der Waals surface area contributed by atoms with E-state index >= 15 is 0 Å². The number of carbonyl (C=O) groups excluding carboxylic acids is 1. The van der Waals surface area contributed by atoms with E-state index in [2.05, 4.69) is 15.5 Å². The average Bonchev–Trinajstić information content (AvgIpc) is 2.91. The molecule has 2 rings (SSSR count). The molecule has 2 N–H and O–H groups in total. The van der Waals surface area contributed by atoms with Crippen molar-refractivity contribution < 1.29 is 9.53 Å². The lowest BCUT2D eigenvalue weighted by Gasteiger charge is -2.05. The molecule has 0 bridgehead atoms. The Morgan fingerprint density at radius 1 is 1.33 bits per heavy atom. The number of aromatic amines is 1. The molecule has 0 saturated heterocycles. The van der Waals surface area contributed by atoms with Gasteiger partial charge in [0.05, 0.1) is 24.6 Å². The maximum absolute atomic E-state index is 11.8. The molecule has 0 aliphatic carbocycles. The van der Waals surface area contributed by atoms with Crippen LogP contribution in [0, 0.1) is 0 Å². The van der Waals surface area contributed by atoms with Crippen molar-refractivity contribution in [3.63, 3.8) is 0 Å². The molecule has 0 atom stereocenters. The van der Waals surface area contributed by atoms with Gasteiger partial charge in [-0.15, -0.1) is 0 Å². The molecule has 5 nitrogen and oxygen atoms in total. The lowest BCUT2D eigenvalue weighted by Crippen LogP contribution is -2.18. The van der Waals surface area contributed by atoms with E-state index in [-0.39, 0.29) is 5.91 Å². The number of rotatable bonds is 4. The van der Waals surface area contributed by atoms with Crippen LogP contribution in [0.15, 0.2) is 47.7 Å². The Morgan fingerprint density at radius 2 is 2.17 bits per heavy atom. The molecule has 2 aromatic rings. The van der Waals surface area contributed by atoms with Crippen LogP contribution >= 0.6 is 0 Å². The van der Waals surface area contributed by atoms with E-state index in [0.29, 0.717) is 11.3 Å². The second-order valence-corrected chi connectivity index (χ2v) is 3.52. The van der Waals surface area contributed by atoms with Gasteiger partial charge in [-0.3, -0.25) is 4.79 Å². The van der Waals surface area contributed by atoms with Gasteiger partial charge in [-0.1, -0.05) is 12.1 Å². The molecule has 1 aromatic heterocycles. The van der Waals surface area contributed by atoms with Crippen molar-refractivity contribution in [1.82, 2.24) is 10.4 Å². The van der Waals surface area contributed by atoms with Crippen LogP contribution in [0.1, 0.15) is 16.1 Å². The number of hydrazone groups is 1. The van der Waals surface area contributed by atoms with Crippen LogP contribution in [0.2, 0.25) is 0 Å². The van der Waals surface area contributed by atoms with Crippen LogP contribution in [0.25, 0.3) is 0 Å². The first-order chi connectivity index (χ1) is 8.81. The van der Waals surface area contributed by atoms with Crippen molar-refractivity contribution in [3.8, 4) is 5.75 Å². The topological polar surface area (TPSA) is 66.5 Å². The zero-order chi connectivity index (χ0) is 12.8. The standard InChI is InChI=1S/C13H13N3O2/c1-18-12-7-3-2-6-11(12)13(17)16-15-9-10-5-4-8-14-10/h2-9,14H,1H3,(H,16,17)/b15-9-. The summed E-state index contributed by atoms with van der Waals surface area (Å²) in [5.74, 6) is 0.209. The summed E-state index contributed by atoms with van der Waals surface area (Å²) in [5.41, 5.74) is 3.71. The third-order valence-corrected chi connectivity index (χ3v) is 2.34. The highest BCUT2D eigenvalue weighted by Crippen LogP contribution is 2.16. The Labute approximate surface area is 104 Å². The monoisotopic (exact) mass is 243 g/mol. The van der Waals surface area contributed by atoms with Gasteiger partial charge in [0.15, 0.2) is 0 Å². The first-order valence-corrected chi connectivity index (χ1v) is 5.41. The van der Waals surface area contributed by atoms with Gasteiger partial charge in [-0.05, 0) is 24.3 Å². The van der Waals surface area contributed by atoms with Crippen molar-refractivity contribution in [2.24, 2.45) is 5.10 Å². The van der Waals surface area contributed by atoms with Gasteiger partial charge in [0.1, 0.15) is 5.75 Å². The van der Waals surface area contributed by atoms with Gasteiger partial charge in [0.25, 0.3) is 5.91 Å². The van der Waals surface area contributed by atoms with Crippen LogP contribution in [-0.4, -0.2) is 24.2 Å². The minimum Gasteiger partial charge on any atom is -0.496 e. The van der Waals surface area contributed by atoms with Crippen molar-refractivity contribution in [2.45, 2.75) is 0 Å². The fourth-order valence-electron chi connectivity index (χ4n) is 1.48. The van der Waals surface area contributed by atoms with Gasteiger partial charge < -0.3 is 9.72 Å². The maximum Gasteiger partial charge on any atom is 0.275 e. The Morgan fingerprint density at radius 3 is 2.89 bits per heavy atom. The Hall–Kier alpha value is -2.56. The molecule has 1 heterocycles. The Kier molecular flexibility index (Phi) is 3.76. The number of benzene rings is 1. The third-order valence-electron chi connectivity index (χ3n) is 2.34. The van der Waals surface area contributed by atoms with E-state index in [9.17, 15) is 4.79 Å². The van der Waals surface area contributed by atoms with Gasteiger partial charge in [0.2, 0.25) is 0 Å². The summed E-state index contributed by atoms with van der Waals surface area (Å²) in [6, 6.07) is 10.7. The highest BCUT2D eigenvalue weighted by Gasteiger charge is 2.09. The minimum absolute atomic E-state index is 0.310. The summed E-state index contributed by atoms with van der Waals surface area (Å²) in [6.07, 6.45) is 3.32. The quantitative estimate of drug-likeness (QED) is 0.635. The summed E-state index contributed by atoms with van der Waals surface area (Å²) in [7, 11) is 1.52. The fraction of sp³-hybridized carbons (Fsp3) is 0.0769. The van der Waals surface area contributed by atoms with E-state index in [4.69, 9.17) is 4.74 Å². The minimum atomic E-state index is -0.310. The van der Waals surface area contributed by atoms with Crippen molar-refractivity contribution in [3.05, 3.63) is 53.9 Å². The predicted molar refractivity (Wildman–Crippen MR) is 68.8 cm³/mol. The number of amides is 1. The largest absolute Gasteiger partial charge is 0.496 e. The Bertz CT molecular complexity index is 547. The van der Waals surface area contributed by atoms with E-state index in [0.717, 1.165) is 5.69 Å². The summed E-state index contributed by atoms with van der Waals surface area (Å²) in [5, 5.41) is 3.85. The van der Waals surface area contributed by atoms with E-state index in [1.54, 1.807) is 30.5 Å². The van der Waals surface area contributed by atoms with Crippen LogP contribution in [0.3, 0.4) is 0 Å². The van der Waals surface area contributed by atoms with E-state index in [1.165, 1.54) is 13.3 Å². The zero-order valence-electron chi connectivity index (χ0n) is 9.88. The smallest absolute Gasteiger partial charge is 0.275 e. The normalized spacial score (nSPS) is 10.5. The highest BCUT2D eigenvalue weighted by atomic mass is 16.5. The van der Waals surface area contributed by atoms with E-state index in [1.807, 2.05) is 12.1 Å². The summed E-state index contributed by atoms with van der Waals surface area (Å²) in [4.78, 5) is 14.8. The zero-order valence-corrected chi connectivity index (χ0v) is 9.88. The first kappa shape index (κ1) is 11.9. The number of ether oxygens (including phenoxy) is 1. The molecular weight excluding hydrogens is 230 g/mol. The Balaban J connectivity index is 2.04. The van der Waals surface area contributed by atoms with Crippen molar-refractivity contribution >= 4 is 12.1 Å². The molecule has 1 amide bonds. The maximum atomic E-state index is 11.8. The van der Waals surface area contributed by atoms with Crippen LogP contribution in [0.5, 0.6) is 5.75 Å². The predicted octanol–water partition coefficient (Wildman–Crippen LogP) is 1.79. The second-order valence-electron chi connectivity index (χ2n) is 3.52. The number of H-pyrrole nitrogens is 1. The van der Waals surface area contributed by atoms with Gasteiger partial charge in [-0.25, -0.2) is 5.43 Å². The van der Waals surface area contributed by atoms with Crippen LogP contribution < -0.4 is 10.2 Å². The number of carbonyl (C=O) groups is 1. The lowest BCUT2D eigenvalue weighted by molar-refractivity contribution is 0.0952. The fourth-order valence-corrected chi connectivity index (χ4v) is 1.48. The number of para-hydroxylation sites is 1. The summed E-state index contributed by atoms with van der Waals surface area (Å²) < 4.78 is 5.10. The summed E-state index contributed by atoms with van der Waals surface area (Å²) in [6.45, 7) is 0. The first-order valence-electron chi connectivity index (χ1n) is 5.41. The highest BCUT2D eigenvalue weighted by molar-refractivity contribution is 5.97. The van der Waals surface area contributed by atoms with Gasteiger partial charge >= 0.3 is 0 Å². The number of hydrogen-bond donors (Lipinski definition) is 2. The van der Waals surface area contributed by atoms with Crippen molar-refractivity contribution in [1.29, 1.82) is 0 Å². The average molecular weight is 243 g/mol. The molecule has 0 aliphatic heterocycles. The molecule has 0 saturated carbocycles. The molecule has 0 fully saturated rings. The molecule has 0 aliphatic rings. The number of nitrogens with zero attached hydrogens (tertiary/aromatic N) is 1. The van der Waals surface area contributed by atoms with E-state index < -0.39 is 0 Å². The molecular formula is C13H13N3O2. The third kappa shape index (κ3) is 2.76. The molecule has 0 spiro atoms. The molecule has 92 valence electrons. The number of methoxy groups -OCH3 is 1. The molecule has 0 radical (unpaired) electrons. The SMILES string of the molecule is COc1ccccc1C(=O)N/N=C\c1ccc[nH]1. The molecule has 5 heteroatoms. The number of aromatic nitrogens is 1. The van der Waals surface area contributed by atoms with Gasteiger partial charge in [-0.2, -0.15) is 5.10 Å². The van der Waals surface area contributed by atoms with Crippen molar-refractivity contribution in [2.75, 3.05) is 7.11 Å².